The van der Waals surface area contributed by atoms with Crippen molar-refractivity contribution in [3.8, 4) is 0 Å². The van der Waals surface area contributed by atoms with Crippen LogP contribution in [0.15, 0.2) is 81.9 Å². The normalized spacial score (nSPS) is 10.9. The van der Waals surface area contributed by atoms with Gasteiger partial charge < -0.3 is 9.32 Å². The van der Waals surface area contributed by atoms with Crippen LogP contribution in [0.3, 0.4) is 0 Å². The summed E-state index contributed by atoms with van der Waals surface area (Å²) in [5.41, 5.74) is 2.26. The van der Waals surface area contributed by atoms with E-state index in [1.54, 1.807) is 6.26 Å². The van der Waals surface area contributed by atoms with Gasteiger partial charge in [0, 0.05) is 17.6 Å². The van der Waals surface area contributed by atoms with Crippen molar-refractivity contribution in [3.05, 3.63) is 94.4 Å². The van der Waals surface area contributed by atoms with Gasteiger partial charge in [0.05, 0.1) is 19.4 Å². The van der Waals surface area contributed by atoms with E-state index in [0.717, 1.165) is 21.4 Å². The Hall–Kier alpha value is -2.37. The highest BCUT2D eigenvalue weighted by molar-refractivity contribution is 9.10. The molecule has 2 aromatic carbocycles. The average Bonchev–Trinajstić information content (AvgIpc) is 3.17. The van der Waals surface area contributed by atoms with Crippen LogP contribution in [-0.4, -0.2) is 29.3 Å². The summed E-state index contributed by atoms with van der Waals surface area (Å²) in [5, 5.41) is 0. The van der Waals surface area contributed by atoms with Crippen molar-refractivity contribution in [1.82, 2.24) is 9.80 Å². The largest absolute Gasteiger partial charge is 0.467 e. The molecule has 4 nitrogen and oxygen atoms in total. The third kappa shape index (κ3) is 5.81. The second-order valence-electron chi connectivity index (χ2n) is 6.58. The maximum atomic E-state index is 13.0. The van der Waals surface area contributed by atoms with Gasteiger partial charge in [-0.25, -0.2) is 0 Å². The molecule has 5 heteroatoms. The number of hydrogen-bond donors (Lipinski definition) is 0. The number of carbonyl (C=O) groups excluding carboxylic acids is 1. The fourth-order valence-electron chi connectivity index (χ4n) is 2.93. The van der Waals surface area contributed by atoms with Gasteiger partial charge in [0.15, 0.2) is 0 Å². The molecule has 0 unspecified atom stereocenters. The van der Waals surface area contributed by atoms with Crippen molar-refractivity contribution in [2.45, 2.75) is 19.6 Å². The molecule has 3 aromatic rings. The van der Waals surface area contributed by atoms with E-state index in [-0.39, 0.29) is 5.91 Å². The number of carbonyl (C=O) groups is 1. The minimum Gasteiger partial charge on any atom is -0.467 e. The van der Waals surface area contributed by atoms with Crippen LogP contribution in [-0.2, 0) is 24.4 Å². The number of likely N-dealkylation sites (N-methyl/N-ethyl adjacent to an activating group) is 1. The molecule has 0 fully saturated rings. The molecule has 0 saturated heterocycles. The van der Waals surface area contributed by atoms with E-state index in [1.165, 1.54) is 0 Å². The Morgan fingerprint density at radius 3 is 2.37 bits per heavy atom. The molecule has 1 heterocycles. The monoisotopic (exact) mass is 426 g/mol. The highest BCUT2D eigenvalue weighted by atomic mass is 79.9. The van der Waals surface area contributed by atoms with Crippen molar-refractivity contribution in [3.63, 3.8) is 0 Å². The summed E-state index contributed by atoms with van der Waals surface area (Å²) in [7, 11) is 1.96. The minimum atomic E-state index is 0.0739. The molecule has 0 atom stereocenters. The molecule has 0 spiro atoms. The maximum absolute atomic E-state index is 13.0. The first-order valence-corrected chi connectivity index (χ1v) is 9.67. The zero-order chi connectivity index (χ0) is 19.1. The first-order chi connectivity index (χ1) is 13.1. The minimum absolute atomic E-state index is 0.0739. The number of nitrogens with zero attached hydrogens (tertiary/aromatic N) is 2. The van der Waals surface area contributed by atoms with Gasteiger partial charge in [-0.3, -0.25) is 9.69 Å². The van der Waals surface area contributed by atoms with Crippen molar-refractivity contribution < 1.29 is 9.21 Å². The van der Waals surface area contributed by atoms with Crippen LogP contribution >= 0.6 is 15.9 Å². The topological polar surface area (TPSA) is 36.7 Å². The molecule has 1 aromatic heterocycles. The molecule has 0 aliphatic heterocycles. The first kappa shape index (κ1) is 19.4. The standard InChI is InChI=1S/C22H23BrN2O2/c1-24(15-19-10-5-6-12-21(19)23)17-22(26)25(16-20-11-7-13-27-20)14-18-8-3-2-4-9-18/h2-13H,14-17H2,1H3. The molecular weight excluding hydrogens is 404 g/mol. The van der Waals surface area contributed by atoms with Crippen LogP contribution in [0.1, 0.15) is 16.9 Å². The summed E-state index contributed by atoms with van der Waals surface area (Å²) in [6.45, 7) is 2.06. The van der Waals surface area contributed by atoms with Crippen LogP contribution in [0.4, 0.5) is 0 Å². The third-order valence-corrected chi connectivity index (χ3v) is 5.07. The summed E-state index contributed by atoms with van der Waals surface area (Å²) >= 11 is 3.57. The lowest BCUT2D eigenvalue weighted by atomic mass is 10.2. The second-order valence-corrected chi connectivity index (χ2v) is 7.43. The van der Waals surface area contributed by atoms with Crippen LogP contribution in [0.2, 0.25) is 0 Å². The fraction of sp³-hybridized carbons (Fsp3) is 0.227. The summed E-state index contributed by atoms with van der Waals surface area (Å²) in [5.74, 6) is 0.859. The Balaban J connectivity index is 1.67. The van der Waals surface area contributed by atoms with Gasteiger partial charge in [-0.15, -0.1) is 0 Å². The van der Waals surface area contributed by atoms with Crippen molar-refractivity contribution in [1.29, 1.82) is 0 Å². The zero-order valence-corrected chi connectivity index (χ0v) is 16.9. The number of halogens is 1. The molecule has 0 radical (unpaired) electrons. The number of amides is 1. The average molecular weight is 427 g/mol. The quantitative estimate of drug-likeness (QED) is 0.523. The molecule has 27 heavy (non-hydrogen) atoms. The van der Waals surface area contributed by atoms with Gasteiger partial charge in [0.1, 0.15) is 5.76 Å². The smallest absolute Gasteiger partial charge is 0.237 e. The Morgan fingerprint density at radius 2 is 1.67 bits per heavy atom. The summed E-state index contributed by atoms with van der Waals surface area (Å²) in [6.07, 6.45) is 1.64. The molecule has 0 saturated carbocycles. The van der Waals surface area contributed by atoms with E-state index in [1.807, 2.05) is 77.5 Å². The Morgan fingerprint density at radius 1 is 0.926 bits per heavy atom. The summed E-state index contributed by atoms with van der Waals surface area (Å²) in [4.78, 5) is 16.9. The number of rotatable bonds is 8. The maximum Gasteiger partial charge on any atom is 0.237 e. The molecule has 3 rings (SSSR count). The van der Waals surface area contributed by atoms with Crippen molar-refractivity contribution in [2.75, 3.05) is 13.6 Å². The molecule has 0 N–H and O–H groups in total. The lowest BCUT2D eigenvalue weighted by Gasteiger charge is -2.25. The van der Waals surface area contributed by atoms with Gasteiger partial charge in [0.25, 0.3) is 0 Å². The van der Waals surface area contributed by atoms with E-state index in [4.69, 9.17) is 4.42 Å². The number of furan rings is 1. The Labute approximate surface area is 168 Å². The van der Waals surface area contributed by atoms with Crippen molar-refractivity contribution >= 4 is 21.8 Å². The first-order valence-electron chi connectivity index (χ1n) is 8.88. The Bertz CT molecular complexity index is 850. The number of benzene rings is 2. The van der Waals surface area contributed by atoms with Gasteiger partial charge in [-0.1, -0.05) is 64.5 Å². The molecule has 1 amide bonds. The molecule has 0 aliphatic carbocycles. The highest BCUT2D eigenvalue weighted by Gasteiger charge is 2.18. The van der Waals surface area contributed by atoms with Crippen LogP contribution in [0.25, 0.3) is 0 Å². The lowest BCUT2D eigenvalue weighted by molar-refractivity contribution is -0.133. The van der Waals surface area contributed by atoms with Crippen LogP contribution < -0.4 is 0 Å². The lowest BCUT2D eigenvalue weighted by Crippen LogP contribution is -2.38. The van der Waals surface area contributed by atoms with Gasteiger partial charge in [0.2, 0.25) is 5.91 Å². The van der Waals surface area contributed by atoms with Gasteiger partial charge >= 0.3 is 0 Å². The van der Waals surface area contributed by atoms with E-state index in [2.05, 4.69) is 22.0 Å². The SMILES string of the molecule is CN(CC(=O)N(Cc1ccccc1)Cc1ccco1)Cc1ccccc1Br. The van der Waals surface area contributed by atoms with Crippen molar-refractivity contribution in [2.24, 2.45) is 0 Å². The van der Waals surface area contributed by atoms with E-state index in [0.29, 0.717) is 26.2 Å². The van der Waals surface area contributed by atoms with E-state index >= 15 is 0 Å². The molecule has 0 aliphatic rings. The van der Waals surface area contributed by atoms with E-state index in [9.17, 15) is 4.79 Å². The predicted molar refractivity (Wildman–Crippen MR) is 110 cm³/mol. The molecule has 0 bridgehead atoms. The molecular formula is C22H23BrN2O2. The zero-order valence-electron chi connectivity index (χ0n) is 15.3. The van der Waals surface area contributed by atoms with Crippen LogP contribution in [0.5, 0.6) is 0 Å². The molecule has 140 valence electrons. The summed E-state index contributed by atoms with van der Waals surface area (Å²) < 4.78 is 6.51. The van der Waals surface area contributed by atoms with Gasteiger partial charge in [-0.2, -0.15) is 0 Å². The third-order valence-electron chi connectivity index (χ3n) is 4.30. The predicted octanol–water partition coefficient (Wildman–Crippen LogP) is 4.70. The van der Waals surface area contributed by atoms with Gasteiger partial charge in [-0.05, 0) is 36.4 Å². The van der Waals surface area contributed by atoms with E-state index < -0.39 is 0 Å². The fourth-order valence-corrected chi connectivity index (χ4v) is 3.34. The Kier molecular flexibility index (Phi) is 6.85. The number of hydrogen-bond acceptors (Lipinski definition) is 3. The van der Waals surface area contributed by atoms with Crippen LogP contribution in [0, 0.1) is 0 Å². The highest BCUT2D eigenvalue weighted by Crippen LogP contribution is 2.18. The second kappa shape index (κ2) is 9.53. The summed E-state index contributed by atoms with van der Waals surface area (Å²) in [6, 6.07) is 21.9.